The summed E-state index contributed by atoms with van der Waals surface area (Å²) >= 11 is 0. The number of pyridine rings is 1. The summed E-state index contributed by atoms with van der Waals surface area (Å²) in [5, 5.41) is 13.8. The molecule has 0 fully saturated rings. The summed E-state index contributed by atoms with van der Waals surface area (Å²) in [6.45, 7) is 2.47. The fourth-order valence-electron chi connectivity index (χ4n) is 1.77. The Kier molecular flexibility index (Phi) is 3.74. The summed E-state index contributed by atoms with van der Waals surface area (Å²) in [7, 11) is 1.94. The van der Waals surface area contributed by atoms with E-state index in [0.29, 0.717) is 12.4 Å². The van der Waals surface area contributed by atoms with E-state index in [4.69, 9.17) is 0 Å². The Morgan fingerprint density at radius 1 is 1.47 bits per heavy atom. The molecule has 0 aromatic carbocycles. The summed E-state index contributed by atoms with van der Waals surface area (Å²) in [6.07, 6.45) is 5.67. The molecule has 2 aromatic heterocycles. The highest BCUT2D eigenvalue weighted by molar-refractivity contribution is 5.48. The Balaban J connectivity index is 1.96. The molecule has 2 heterocycles. The van der Waals surface area contributed by atoms with Crippen molar-refractivity contribution in [3.8, 4) is 0 Å². The average Bonchev–Trinajstić information content (AvgIpc) is 2.77. The molecule has 7 nitrogen and oxygen atoms in total. The van der Waals surface area contributed by atoms with Crippen molar-refractivity contribution in [3.05, 3.63) is 46.2 Å². The molecule has 0 saturated carbocycles. The van der Waals surface area contributed by atoms with Crippen LogP contribution in [0, 0.1) is 17.0 Å². The quantitative estimate of drug-likeness (QED) is 0.653. The molecular formula is C12H15N5O2. The number of nitrogens with zero attached hydrogens (tertiary/aromatic N) is 4. The minimum atomic E-state index is -0.447. The van der Waals surface area contributed by atoms with Crippen LogP contribution in [-0.4, -0.2) is 26.0 Å². The molecule has 19 heavy (non-hydrogen) atoms. The average molecular weight is 261 g/mol. The van der Waals surface area contributed by atoms with Crippen molar-refractivity contribution in [2.75, 3.05) is 11.9 Å². The number of rotatable bonds is 5. The summed E-state index contributed by atoms with van der Waals surface area (Å²) < 4.78 is 1.96. The van der Waals surface area contributed by atoms with Gasteiger partial charge >= 0.3 is 0 Å². The molecule has 1 N–H and O–H groups in total. The van der Waals surface area contributed by atoms with E-state index in [0.717, 1.165) is 17.8 Å². The van der Waals surface area contributed by atoms with Gasteiger partial charge in [-0.15, -0.1) is 0 Å². The van der Waals surface area contributed by atoms with Gasteiger partial charge in [0.25, 0.3) is 5.69 Å². The second kappa shape index (κ2) is 5.47. The lowest BCUT2D eigenvalue weighted by Gasteiger charge is -2.08. The van der Waals surface area contributed by atoms with Crippen molar-refractivity contribution < 1.29 is 4.92 Å². The number of nitrogens with one attached hydrogen (secondary N) is 1. The van der Waals surface area contributed by atoms with Gasteiger partial charge in [0, 0.05) is 38.5 Å². The third-order valence-electron chi connectivity index (χ3n) is 2.84. The van der Waals surface area contributed by atoms with Gasteiger partial charge in [-0.2, -0.15) is 0 Å². The van der Waals surface area contributed by atoms with Gasteiger partial charge in [0.1, 0.15) is 17.8 Å². The maximum absolute atomic E-state index is 10.6. The van der Waals surface area contributed by atoms with Crippen LogP contribution in [0.15, 0.2) is 24.7 Å². The van der Waals surface area contributed by atoms with E-state index in [9.17, 15) is 10.1 Å². The van der Waals surface area contributed by atoms with Gasteiger partial charge in [-0.3, -0.25) is 10.1 Å². The Bertz CT molecular complexity index is 594. The standard InChI is InChI=1S/C12H15N5O2/c1-9-7-10(17(18)19)8-15-12(9)14-4-3-11-13-5-6-16(11)2/h5-8H,3-4H2,1-2H3,(H,14,15). The fourth-order valence-corrected chi connectivity index (χ4v) is 1.77. The lowest BCUT2D eigenvalue weighted by atomic mass is 10.2. The molecule has 2 rings (SSSR count). The maximum atomic E-state index is 10.6. The van der Waals surface area contributed by atoms with E-state index in [2.05, 4.69) is 15.3 Å². The van der Waals surface area contributed by atoms with Crippen molar-refractivity contribution in [1.82, 2.24) is 14.5 Å². The highest BCUT2D eigenvalue weighted by Gasteiger charge is 2.09. The number of nitro groups is 1. The Morgan fingerprint density at radius 3 is 2.84 bits per heavy atom. The van der Waals surface area contributed by atoms with E-state index >= 15 is 0 Å². The number of imidazole rings is 1. The molecule has 0 spiro atoms. The van der Waals surface area contributed by atoms with Crippen molar-refractivity contribution in [2.24, 2.45) is 7.05 Å². The first-order chi connectivity index (χ1) is 9.08. The normalized spacial score (nSPS) is 10.4. The van der Waals surface area contributed by atoms with Crippen molar-refractivity contribution in [1.29, 1.82) is 0 Å². The van der Waals surface area contributed by atoms with Crippen LogP contribution >= 0.6 is 0 Å². The summed E-state index contributed by atoms with van der Waals surface area (Å²) in [4.78, 5) is 18.4. The second-order valence-corrected chi connectivity index (χ2v) is 4.25. The van der Waals surface area contributed by atoms with Crippen LogP contribution in [0.1, 0.15) is 11.4 Å². The minimum absolute atomic E-state index is 0.00662. The minimum Gasteiger partial charge on any atom is -0.369 e. The van der Waals surface area contributed by atoms with Gasteiger partial charge < -0.3 is 9.88 Å². The first kappa shape index (κ1) is 13.0. The first-order valence-corrected chi connectivity index (χ1v) is 5.89. The van der Waals surface area contributed by atoms with Crippen LogP contribution in [0.5, 0.6) is 0 Å². The van der Waals surface area contributed by atoms with E-state index in [1.54, 1.807) is 13.1 Å². The third kappa shape index (κ3) is 3.06. The van der Waals surface area contributed by atoms with Crippen LogP contribution in [0.4, 0.5) is 11.5 Å². The molecule has 0 aliphatic carbocycles. The molecule has 2 aromatic rings. The molecular weight excluding hydrogens is 246 g/mol. The summed E-state index contributed by atoms with van der Waals surface area (Å²) in [5.74, 6) is 1.65. The Hall–Kier alpha value is -2.44. The van der Waals surface area contributed by atoms with Gasteiger partial charge in [0.15, 0.2) is 0 Å². The van der Waals surface area contributed by atoms with E-state index in [1.165, 1.54) is 12.3 Å². The first-order valence-electron chi connectivity index (χ1n) is 5.89. The number of anilines is 1. The Labute approximate surface area is 110 Å². The monoisotopic (exact) mass is 261 g/mol. The van der Waals surface area contributed by atoms with Crippen LogP contribution in [0.25, 0.3) is 0 Å². The van der Waals surface area contributed by atoms with Crippen molar-refractivity contribution in [2.45, 2.75) is 13.3 Å². The number of aryl methyl sites for hydroxylation is 2. The summed E-state index contributed by atoms with van der Waals surface area (Å²) in [5.41, 5.74) is 0.765. The molecule has 0 unspecified atom stereocenters. The largest absolute Gasteiger partial charge is 0.369 e. The zero-order valence-corrected chi connectivity index (χ0v) is 10.8. The van der Waals surface area contributed by atoms with Crippen LogP contribution in [0.3, 0.4) is 0 Å². The SMILES string of the molecule is Cc1cc([N+](=O)[O-])cnc1NCCc1nccn1C. The molecule has 0 amide bonds. The van der Waals surface area contributed by atoms with Crippen LogP contribution in [0.2, 0.25) is 0 Å². The number of aromatic nitrogens is 3. The molecule has 7 heteroatoms. The highest BCUT2D eigenvalue weighted by Crippen LogP contribution is 2.17. The lowest BCUT2D eigenvalue weighted by Crippen LogP contribution is -2.10. The molecule has 0 radical (unpaired) electrons. The van der Waals surface area contributed by atoms with Crippen LogP contribution < -0.4 is 5.32 Å². The van der Waals surface area contributed by atoms with Gasteiger partial charge in [-0.1, -0.05) is 0 Å². The highest BCUT2D eigenvalue weighted by atomic mass is 16.6. The second-order valence-electron chi connectivity index (χ2n) is 4.25. The number of hydrogen-bond donors (Lipinski definition) is 1. The topological polar surface area (TPSA) is 85.9 Å². The smallest absolute Gasteiger partial charge is 0.287 e. The van der Waals surface area contributed by atoms with E-state index < -0.39 is 4.92 Å². The van der Waals surface area contributed by atoms with E-state index in [1.807, 2.05) is 17.8 Å². The lowest BCUT2D eigenvalue weighted by molar-refractivity contribution is -0.385. The van der Waals surface area contributed by atoms with Crippen molar-refractivity contribution in [3.63, 3.8) is 0 Å². The Morgan fingerprint density at radius 2 is 2.26 bits per heavy atom. The van der Waals surface area contributed by atoms with Gasteiger partial charge in [-0.25, -0.2) is 9.97 Å². The summed E-state index contributed by atoms with van der Waals surface area (Å²) in [6, 6.07) is 1.51. The van der Waals surface area contributed by atoms with Gasteiger partial charge in [0.2, 0.25) is 0 Å². The maximum Gasteiger partial charge on any atom is 0.287 e. The van der Waals surface area contributed by atoms with Gasteiger partial charge in [0.05, 0.1) is 4.92 Å². The molecule has 100 valence electrons. The van der Waals surface area contributed by atoms with Crippen molar-refractivity contribution >= 4 is 11.5 Å². The molecule has 0 saturated heterocycles. The van der Waals surface area contributed by atoms with E-state index in [-0.39, 0.29) is 5.69 Å². The zero-order valence-electron chi connectivity index (χ0n) is 10.8. The third-order valence-corrected chi connectivity index (χ3v) is 2.84. The van der Waals surface area contributed by atoms with Gasteiger partial charge in [-0.05, 0) is 12.5 Å². The predicted molar refractivity (Wildman–Crippen MR) is 71.0 cm³/mol. The molecule has 0 atom stereocenters. The number of hydrogen-bond acceptors (Lipinski definition) is 5. The molecule has 0 bridgehead atoms. The predicted octanol–water partition coefficient (Wildman–Crippen LogP) is 1.69. The molecule has 0 aliphatic heterocycles. The molecule has 0 aliphatic rings. The van der Waals surface area contributed by atoms with Crippen LogP contribution in [-0.2, 0) is 13.5 Å². The fraction of sp³-hybridized carbons (Fsp3) is 0.333. The zero-order chi connectivity index (χ0) is 13.8.